The van der Waals surface area contributed by atoms with Gasteiger partial charge < -0.3 is 14.4 Å². The Bertz CT molecular complexity index is 529. The van der Waals surface area contributed by atoms with Gasteiger partial charge in [0.25, 0.3) is 0 Å². The van der Waals surface area contributed by atoms with Crippen molar-refractivity contribution in [2.45, 2.75) is 20.5 Å². The number of methoxy groups -OCH3 is 1. The summed E-state index contributed by atoms with van der Waals surface area (Å²) in [5, 5.41) is 9.27. The second kappa shape index (κ2) is 4.63. The lowest BCUT2D eigenvalue weighted by molar-refractivity contribution is 0.281. The molecule has 90 valence electrons. The van der Waals surface area contributed by atoms with E-state index in [0.29, 0.717) is 0 Å². The number of aromatic nitrogens is 1. The van der Waals surface area contributed by atoms with Gasteiger partial charge in [0.1, 0.15) is 5.75 Å². The Labute approximate surface area is 101 Å². The Morgan fingerprint density at radius 2 is 2.00 bits per heavy atom. The number of aliphatic hydroxyl groups excluding tert-OH is 1. The van der Waals surface area contributed by atoms with Gasteiger partial charge in [-0.3, -0.25) is 0 Å². The standard InChI is InChI=1S/C14H17NO2/c1-10-7-12(9-16)11(2)15(10)13-5-4-6-14(8-13)17-3/h4-8,16H,9H2,1-3H3. The average Bonchev–Trinajstić information content (AvgIpc) is 2.64. The fourth-order valence-corrected chi connectivity index (χ4v) is 2.14. The van der Waals surface area contributed by atoms with Gasteiger partial charge in [0.15, 0.2) is 0 Å². The third-order valence-electron chi connectivity index (χ3n) is 3.02. The SMILES string of the molecule is COc1cccc(-n2c(C)cc(CO)c2C)c1. The second-order valence-corrected chi connectivity index (χ2v) is 4.09. The molecule has 1 N–H and O–H groups in total. The van der Waals surface area contributed by atoms with Crippen molar-refractivity contribution >= 4 is 0 Å². The summed E-state index contributed by atoms with van der Waals surface area (Å²) in [6, 6.07) is 9.91. The van der Waals surface area contributed by atoms with E-state index >= 15 is 0 Å². The molecular weight excluding hydrogens is 214 g/mol. The molecule has 0 aliphatic rings. The number of ether oxygens (including phenoxy) is 1. The molecule has 0 saturated carbocycles. The minimum atomic E-state index is 0.0731. The molecule has 0 fully saturated rings. The first-order valence-electron chi connectivity index (χ1n) is 5.60. The van der Waals surface area contributed by atoms with Gasteiger partial charge in [0.05, 0.1) is 13.7 Å². The summed E-state index contributed by atoms with van der Waals surface area (Å²) in [5.41, 5.74) is 4.20. The minimum Gasteiger partial charge on any atom is -0.497 e. The molecule has 3 nitrogen and oxygen atoms in total. The van der Waals surface area contributed by atoms with Crippen LogP contribution in [0.1, 0.15) is 17.0 Å². The second-order valence-electron chi connectivity index (χ2n) is 4.09. The Kier molecular flexibility index (Phi) is 3.20. The Morgan fingerprint density at radius 1 is 1.24 bits per heavy atom. The molecule has 3 heteroatoms. The number of hydrogen-bond acceptors (Lipinski definition) is 2. The number of nitrogens with zero attached hydrogens (tertiary/aromatic N) is 1. The molecule has 0 unspecified atom stereocenters. The molecule has 2 aromatic rings. The Morgan fingerprint density at radius 3 is 2.59 bits per heavy atom. The molecule has 0 aliphatic heterocycles. The van der Waals surface area contributed by atoms with Crippen LogP contribution in [0.4, 0.5) is 0 Å². The van der Waals surface area contributed by atoms with E-state index in [0.717, 1.165) is 28.4 Å². The smallest absolute Gasteiger partial charge is 0.120 e. The Balaban J connectivity index is 2.55. The van der Waals surface area contributed by atoms with E-state index in [4.69, 9.17) is 4.74 Å². The maximum absolute atomic E-state index is 9.27. The van der Waals surface area contributed by atoms with Crippen LogP contribution >= 0.6 is 0 Å². The van der Waals surface area contributed by atoms with Crippen molar-refractivity contribution in [3.8, 4) is 11.4 Å². The van der Waals surface area contributed by atoms with Crippen LogP contribution in [0.5, 0.6) is 5.75 Å². The third kappa shape index (κ3) is 2.06. The molecule has 0 bridgehead atoms. The van der Waals surface area contributed by atoms with Crippen molar-refractivity contribution in [2.24, 2.45) is 0 Å². The highest BCUT2D eigenvalue weighted by atomic mass is 16.5. The van der Waals surface area contributed by atoms with Gasteiger partial charge in [-0.25, -0.2) is 0 Å². The van der Waals surface area contributed by atoms with Crippen molar-refractivity contribution in [2.75, 3.05) is 7.11 Å². The van der Waals surface area contributed by atoms with E-state index in [-0.39, 0.29) is 6.61 Å². The molecule has 0 spiro atoms. The van der Waals surface area contributed by atoms with Gasteiger partial charge >= 0.3 is 0 Å². The minimum absolute atomic E-state index is 0.0731. The first-order valence-corrected chi connectivity index (χ1v) is 5.60. The molecule has 17 heavy (non-hydrogen) atoms. The van der Waals surface area contributed by atoms with E-state index in [1.165, 1.54) is 0 Å². The van der Waals surface area contributed by atoms with Crippen LogP contribution in [-0.2, 0) is 6.61 Å². The zero-order valence-corrected chi connectivity index (χ0v) is 10.4. The summed E-state index contributed by atoms with van der Waals surface area (Å²) >= 11 is 0. The predicted octanol–water partition coefficient (Wildman–Crippen LogP) is 2.60. The third-order valence-corrected chi connectivity index (χ3v) is 3.02. The quantitative estimate of drug-likeness (QED) is 0.881. The summed E-state index contributed by atoms with van der Waals surface area (Å²) in [4.78, 5) is 0. The highest BCUT2D eigenvalue weighted by molar-refractivity contribution is 5.44. The van der Waals surface area contributed by atoms with E-state index in [1.54, 1.807) is 7.11 Å². The number of aryl methyl sites for hydroxylation is 1. The van der Waals surface area contributed by atoms with Gasteiger partial charge in [0.2, 0.25) is 0 Å². The van der Waals surface area contributed by atoms with Gasteiger partial charge in [-0.15, -0.1) is 0 Å². The van der Waals surface area contributed by atoms with E-state index < -0.39 is 0 Å². The average molecular weight is 231 g/mol. The van der Waals surface area contributed by atoms with Crippen molar-refractivity contribution in [1.29, 1.82) is 0 Å². The molecule has 0 atom stereocenters. The number of rotatable bonds is 3. The van der Waals surface area contributed by atoms with Crippen molar-refractivity contribution in [3.63, 3.8) is 0 Å². The van der Waals surface area contributed by atoms with Crippen molar-refractivity contribution in [3.05, 3.63) is 47.3 Å². The molecule has 1 heterocycles. The van der Waals surface area contributed by atoms with Gasteiger partial charge in [0, 0.05) is 23.1 Å². The van der Waals surface area contributed by atoms with E-state index in [2.05, 4.69) is 4.57 Å². The number of hydrogen-bond donors (Lipinski definition) is 1. The van der Waals surface area contributed by atoms with E-state index in [1.807, 2.05) is 44.2 Å². The highest BCUT2D eigenvalue weighted by Gasteiger charge is 2.10. The number of aliphatic hydroxyl groups is 1. The zero-order valence-electron chi connectivity index (χ0n) is 10.4. The molecule has 1 aromatic carbocycles. The topological polar surface area (TPSA) is 34.4 Å². The van der Waals surface area contributed by atoms with Crippen LogP contribution in [0.25, 0.3) is 5.69 Å². The lowest BCUT2D eigenvalue weighted by Gasteiger charge is -2.11. The predicted molar refractivity (Wildman–Crippen MR) is 67.7 cm³/mol. The number of benzene rings is 1. The van der Waals surface area contributed by atoms with Crippen LogP contribution < -0.4 is 4.74 Å². The molecule has 2 rings (SSSR count). The Hall–Kier alpha value is -1.74. The summed E-state index contributed by atoms with van der Waals surface area (Å²) in [5.74, 6) is 0.834. The highest BCUT2D eigenvalue weighted by Crippen LogP contribution is 2.23. The first-order chi connectivity index (χ1) is 8.17. The normalized spacial score (nSPS) is 10.6. The van der Waals surface area contributed by atoms with Crippen LogP contribution in [0.2, 0.25) is 0 Å². The molecule has 0 amide bonds. The molecule has 0 aliphatic carbocycles. The lowest BCUT2D eigenvalue weighted by Crippen LogP contribution is -2.00. The van der Waals surface area contributed by atoms with Crippen LogP contribution in [0.15, 0.2) is 30.3 Å². The summed E-state index contributed by atoms with van der Waals surface area (Å²) in [6.07, 6.45) is 0. The zero-order chi connectivity index (χ0) is 12.4. The molecule has 0 radical (unpaired) electrons. The maximum Gasteiger partial charge on any atom is 0.120 e. The lowest BCUT2D eigenvalue weighted by atomic mass is 10.2. The summed E-state index contributed by atoms with van der Waals surface area (Å²) < 4.78 is 7.35. The largest absolute Gasteiger partial charge is 0.497 e. The summed E-state index contributed by atoms with van der Waals surface area (Å²) in [7, 11) is 1.66. The fraction of sp³-hybridized carbons (Fsp3) is 0.286. The van der Waals surface area contributed by atoms with E-state index in [9.17, 15) is 5.11 Å². The maximum atomic E-state index is 9.27. The van der Waals surface area contributed by atoms with Crippen molar-refractivity contribution < 1.29 is 9.84 Å². The molecule has 0 saturated heterocycles. The first kappa shape index (κ1) is 11.7. The van der Waals surface area contributed by atoms with Crippen molar-refractivity contribution in [1.82, 2.24) is 4.57 Å². The fourth-order valence-electron chi connectivity index (χ4n) is 2.14. The monoisotopic (exact) mass is 231 g/mol. The van der Waals surface area contributed by atoms with Crippen LogP contribution in [0.3, 0.4) is 0 Å². The van der Waals surface area contributed by atoms with Crippen LogP contribution in [-0.4, -0.2) is 16.8 Å². The summed E-state index contributed by atoms with van der Waals surface area (Å²) in [6.45, 7) is 4.12. The van der Waals surface area contributed by atoms with Gasteiger partial charge in [-0.2, -0.15) is 0 Å². The van der Waals surface area contributed by atoms with Gasteiger partial charge in [-0.1, -0.05) is 6.07 Å². The van der Waals surface area contributed by atoms with Crippen LogP contribution in [0, 0.1) is 13.8 Å². The van der Waals surface area contributed by atoms with Gasteiger partial charge in [-0.05, 0) is 37.6 Å². The molecular formula is C14H17NO2. The molecule has 1 aromatic heterocycles.